The van der Waals surface area contributed by atoms with E-state index in [-0.39, 0.29) is 0 Å². The van der Waals surface area contributed by atoms with Crippen LogP contribution in [0.4, 0.5) is 11.4 Å². The number of hydrogen-bond donors (Lipinski definition) is 2. The Morgan fingerprint density at radius 2 is 0.875 bits per heavy atom. The summed E-state index contributed by atoms with van der Waals surface area (Å²) in [7, 11) is 4.48. The first kappa shape index (κ1) is 25.4. The van der Waals surface area contributed by atoms with Crippen LogP contribution in [0.1, 0.15) is 59.3 Å². The van der Waals surface area contributed by atoms with Crippen molar-refractivity contribution in [3.05, 3.63) is 131 Å². The van der Waals surface area contributed by atoms with Crippen LogP contribution in [-0.2, 0) is 0 Å². The van der Waals surface area contributed by atoms with Gasteiger partial charge in [-0.25, -0.2) is 0 Å². The van der Waals surface area contributed by atoms with Gasteiger partial charge >= 0.3 is 0 Å². The predicted octanol–water partition coefficient (Wildman–Crippen LogP) is 7.06. The molecule has 0 aliphatic carbocycles. The van der Waals surface area contributed by atoms with Crippen LogP contribution in [-0.4, -0.2) is 27.2 Å². The Bertz CT molecular complexity index is 1330. The third-order valence-corrected chi connectivity index (χ3v) is 9.77. The highest BCUT2D eigenvalue weighted by Crippen LogP contribution is 2.51. The molecule has 4 aliphatic heterocycles. The van der Waals surface area contributed by atoms with Gasteiger partial charge in [0.15, 0.2) is 0 Å². The summed E-state index contributed by atoms with van der Waals surface area (Å²) < 4.78 is 0. The lowest BCUT2D eigenvalue weighted by Gasteiger charge is -2.43. The molecule has 0 unspecified atom stereocenters. The number of benzene rings is 4. The molecule has 4 nitrogen and oxygen atoms in total. The van der Waals surface area contributed by atoms with E-state index in [1.807, 2.05) is 0 Å². The van der Waals surface area contributed by atoms with Crippen molar-refractivity contribution in [2.45, 2.75) is 37.0 Å². The van der Waals surface area contributed by atoms with Gasteiger partial charge in [-0.3, -0.25) is 0 Å². The van der Waals surface area contributed by atoms with E-state index in [2.05, 4.69) is 144 Å². The topological polar surface area (TPSA) is 30.5 Å². The number of hydrogen-bond acceptors (Lipinski definition) is 4. The zero-order chi connectivity index (χ0) is 27.1. The smallest absolute Gasteiger partial charge is 0.0586 e. The predicted molar refractivity (Wildman–Crippen MR) is 166 cm³/mol. The van der Waals surface area contributed by atoms with Crippen LogP contribution in [0.15, 0.2) is 109 Å². The van der Waals surface area contributed by atoms with Crippen LogP contribution < -0.4 is 20.4 Å². The summed E-state index contributed by atoms with van der Waals surface area (Å²) >= 11 is 0. The fraction of sp³-hybridized carbons (Fsp3) is 0.333. The first-order chi connectivity index (χ1) is 19.7. The normalized spacial score (nSPS) is 28.1. The Kier molecular flexibility index (Phi) is 6.82. The van der Waals surface area contributed by atoms with Crippen LogP contribution in [0, 0.1) is 11.8 Å². The fourth-order valence-electron chi connectivity index (χ4n) is 8.07. The van der Waals surface area contributed by atoms with Crippen LogP contribution in [0.25, 0.3) is 0 Å². The lowest BCUT2D eigenvalue weighted by atomic mass is 9.79. The second-order valence-electron chi connectivity index (χ2n) is 11.8. The maximum absolute atomic E-state index is 3.71. The van der Waals surface area contributed by atoms with Crippen molar-refractivity contribution in [2.75, 3.05) is 37.0 Å². The van der Waals surface area contributed by atoms with E-state index >= 15 is 0 Å². The molecule has 4 aliphatic rings. The Morgan fingerprint density at radius 3 is 1.30 bits per heavy atom. The van der Waals surface area contributed by atoms with Gasteiger partial charge in [0.25, 0.3) is 0 Å². The van der Waals surface area contributed by atoms with Gasteiger partial charge in [0, 0.05) is 49.4 Å². The zero-order valence-corrected chi connectivity index (χ0v) is 23.6. The molecular formula is C36H40N4. The van der Waals surface area contributed by atoms with Crippen LogP contribution in [0.5, 0.6) is 0 Å². The van der Waals surface area contributed by atoms with E-state index in [0.717, 1.165) is 13.1 Å². The summed E-state index contributed by atoms with van der Waals surface area (Å²) in [6.45, 7) is 2.25. The molecule has 0 bridgehead atoms. The first-order valence-electron chi connectivity index (χ1n) is 14.9. The van der Waals surface area contributed by atoms with E-state index in [9.17, 15) is 0 Å². The molecule has 0 radical (unpaired) electrons. The standard InChI is InChI=1S/2C18H20N2/c2*1-20-16-10-6-5-9-14(16)17-15(11-12-19-17)18(20)13-7-3-2-4-8-13/h2*2-10,15,17-19H,11-12H2,1H3/t2*15-,17-,18-/m10/s1. The van der Waals surface area contributed by atoms with Gasteiger partial charge in [-0.1, -0.05) is 97.1 Å². The summed E-state index contributed by atoms with van der Waals surface area (Å²) in [4.78, 5) is 4.94. The molecule has 0 spiro atoms. The van der Waals surface area contributed by atoms with Crippen molar-refractivity contribution in [2.24, 2.45) is 11.8 Å². The van der Waals surface area contributed by atoms with Gasteiger partial charge in [-0.15, -0.1) is 0 Å². The van der Waals surface area contributed by atoms with Gasteiger partial charge in [-0.05, 0) is 60.3 Å². The van der Waals surface area contributed by atoms with Crippen molar-refractivity contribution in [1.29, 1.82) is 0 Å². The Labute approximate surface area is 239 Å². The van der Waals surface area contributed by atoms with E-state index in [1.54, 1.807) is 0 Å². The first-order valence-corrected chi connectivity index (χ1v) is 14.9. The van der Waals surface area contributed by atoms with Crippen molar-refractivity contribution in [3.63, 3.8) is 0 Å². The summed E-state index contributed by atoms with van der Waals surface area (Å²) in [5.41, 5.74) is 8.54. The molecule has 4 aromatic carbocycles. The van der Waals surface area contributed by atoms with Gasteiger partial charge in [0.1, 0.15) is 0 Å². The van der Waals surface area contributed by atoms with Gasteiger partial charge in [0.2, 0.25) is 0 Å². The molecule has 6 atom stereocenters. The molecule has 4 heterocycles. The molecule has 0 aromatic heterocycles. The minimum atomic E-state index is 0.478. The molecule has 4 heteroatoms. The molecule has 2 N–H and O–H groups in total. The Morgan fingerprint density at radius 1 is 0.500 bits per heavy atom. The maximum atomic E-state index is 3.71. The highest BCUT2D eigenvalue weighted by Gasteiger charge is 2.43. The molecular weight excluding hydrogens is 488 g/mol. The van der Waals surface area contributed by atoms with Crippen molar-refractivity contribution < 1.29 is 0 Å². The average molecular weight is 529 g/mol. The molecule has 40 heavy (non-hydrogen) atoms. The van der Waals surface area contributed by atoms with Crippen molar-refractivity contribution >= 4 is 11.4 Å². The molecule has 0 saturated carbocycles. The van der Waals surface area contributed by atoms with Gasteiger partial charge in [-0.2, -0.15) is 0 Å². The number of fused-ring (bicyclic) bond motifs is 6. The fourth-order valence-corrected chi connectivity index (χ4v) is 8.07. The molecule has 2 fully saturated rings. The van der Waals surface area contributed by atoms with Crippen LogP contribution >= 0.6 is 0 Å². The van der Waals surface area contributed by atoms with E-state index in [1.165, 1.54) is 46.5 Å². The summed E-state index contributed by atoms with van der Waals surface area (Å²) in [6.07, 6.45) is 2.51. The number of nitrogens with zero attached hydrogens (tertiary/aromatic N) is 2. The number of rotatable bonds is 2. The molecule has 4 aromatic rings. The molecule has 2 saturated heterocycles. The highest BCUT2D eigenvalue weighted by molar-refractivity contribution is 5.60. The monoisotopic (exact) mass is 528 g/mol. The SMILES string of the molecule is CN1c2ccccc2[C@@H]2NCC[C@@H]2[C@@H]1c1ccccc1.CN1c2ccccc2[C@H]2NCC[C@H]2[C@H]1c1ccccc1. The zero-order valence-electron chi connectivity index (χ0n) is 23.6. The minimum Gasteiger partial charge on any atom is -0.367 e. The Hall–Kier alpha value is -3.60. The van der Waals surface area contributed by atoms with Crippen molar-refractivity contribution in [1.82, 2.24) is 10.6 Å². The summed E-state index contributed by atoms with van der Waals surface area (Å²) in [5, 5.41) is 7.42. The van der Waals surface area contributed by atoms with E-state index in [4.69, 9.17) is 0 Å². The largest absolute Gasteiger partial charge is 0.367 e. The number of para-hydroxylation sites is 2. The van der Waals surface area contributed by atoms with Crippen molar-refractivity contribution in [3.8, 4) is 0 Å². The minimum absolute atomic E-state index is 0.478. The van der Waals surface area contributed by atoms with E-state index in [0.29, 0.717) is 36.0 Å². The quantitative estimate of drug-likeness (QED) is 0.292. The van der Waals surface area contributed by atoms with E-state index < -0.39 is 0 Å². The lowest BCUT2D eigenvalue weighted by molar-refractivity contribution is 0.356. The number of nitrogens with one attached hydrogen (secondary N) is 2. The third-order valence-electron chi connectivity index (χ3n) is 9.77. The Balaban J connectivity index is 0.000000132. The van der Waals surface area contributed by atoms with Crippen LogP contribution in [0.3, 0.4) is 0 Å². The average Bonchev–Trinajstić information content (AvgIpc) is 3.70. The number of anilines is 2. The van der Waals surface area contributed by atoms with Gasteiger partial charge in [0.05, 0.1) is 12.1 Å². The van der Waals surface area contributed by atoms with Crippen LogP contribution in [0.2, 0.25) is 0 Å². The molecule has 0 amide bonds. The third kappa shape index (κ3) is 4.31. The maximum Gasteiger partial charge on any atom is 0.0586 e. The second kappa shape index (κ2) is 10.8. The second-order valence-corrected chi connectivity index (χ2v) is 11.8. The van der Waals surface area contributed by atoms with Gasteiger partial charge < -0.3 is 20.4 Å². The summed E-state index contributed by atoms with van der Waals surface area (Å²) in [6, 6.07) is 41.5. The molecule has 8 rings (SSSR count). The lowest BCUT2D eigenvalue weighted by Crippen LogP contribution is -2.38. The highest BCUT2D eigenvalue weighted by atomic mass is 15.2. The summed E-state index contributed by atoms with van der Waals surface area (Å²) in [5.74, 6) is 1.33. The molecule has 204 valence electrons.